The van der Waals surface area contributed by atoms with Crippen LogP contribution in [0.3, 0.4) is 0 Å². The first-order chi connectivity index (χ1) is 12.3. The van der Waals surface area contributed by atoms with Gasteiger partial charge in [-0.15, -0.1) is 0 Å². The van der Waals surface area contributed by atoms with Crippen molar-refractivity contribution in [2.24, 2.45) is 11.3 Å². The van der Waals surface area contributed by atoms with Gasteiger partial charge >= 0.3 is 12.2 Å². The topological polar surface area (TPSA) is 54.5 Å². The molecule has 2 aliphatic rings. The van der Waals surface area contributed by atoms with E-state index < -0.39 is 17.5 Å². The number of carbonyl (C=O) groups is 1. The third-order valence-corrected chi connectivity index (χ3v) is 5.67. The lowest BCUT2D eigenvalue weighted by atomic mass is 9.66. The van der Waals surface area contributed by atoms with Crippen LogP contribution in [0, 0.1) is 18.3 Å². The molecule has 1 atom stereocenters. The van der Waals surface area contributed by atoms with Crippen molar-refractivity contribution >= 4 is 6.03 Å². The maximum Gasteiger partial charge on any atom is 0.392 e. The van der Waals surface area contributed by atoms with Crippen molar-refractivity contribution in [2.45, 2.75) is 38.9 Å². The number of piperidine rings is 1. The second-order valence-corrected chi connectivity index (χ2v) is 7.24. The number of amides is 2. The molecule has 3 rings (SSSR count). The molecule has 0 saturated carbocycles. The molecule has 3 heterocycles. The van der Waals surface area contributed by atoms with E-state index in [1.165, 1.54) is 4.90 Å². The number of aryl methyl sites for hydroxylation is 1. The quantitative estimate of drug-likeness (QED) is 0.868. The predicted octanol–water partition coefficient (Wildman–Crippen LogP) is 3.28. The maximum atomic E-state index is 13.5. The molecule has 2 saturated heterocycles. The standard InChI is InChI=1S/C18H24F3N3O2/c1-13-10-22-6-2-14(13)11-23-16(25)24-7-3-15(18(19,20)21)17(12-24)4-8-26-9-5-17/h2,6,10,15H,3-5,7-9,11-12H2,1H3,(H,23,25). The van der Waals surface area contributed by atoms with Gasteiger partial charge in [-0.25, -0.2) is 4.79 Å². The summed E-state index contributed by atoms with van der Waals surface area (Å²) in [7, 11) is 0. The summed E-state index contributed by atoms with van der Waals surface area (Å²) >= 11 is 0. The molecule has 2 amide bonds. The Bertz CT molecular complexity index is 645. The molecule has 2 aliphatic heterocycles. The summed E-state index contributed by atoms with van der Waals surface area (Å²) in [5.74, 6) is -1.37. The molecule has 0 radical (unpaired) electrons. The minimum absolute atomic E-state index is 0.0504. The number of likely N-dealkylation sites (tertiary alicyclic amines) is 1. The lowest BCUT2D eigenvalue weighted by molar-refractivity contribution is -0.232. The molecule has 1 spiro atoms. The molecule has 2 fully saturated rings. The molecule has 1 aromatic heterocycles. The first-order valence-electron chi connectivity index (χ1n) is 8.88. The number of carbonyl (C=O) groups excluding carboxylic acids is 1. The Labute approximate surface area is 150 Å². The molecule has 1 unspecified atom stereocenters. The molecule has 8 heteroatoms. The van der Waals surface area contributed by atoms with E-state index in [2.05, 4.69) is 10.3 Å². The minimum Gasteiger partial charge on any atom is -0.381 e. The van der Waals surface area contributed by atoms with Crippen molar-refractivity contribution in [3.63, 3.8) is 0 Å². The zero-order valence-electron chi connectivity index (χ0n) is 14.8. The normalized spacial score (nSPS) is 23.1. The van der Waals surface area contributed by atoms with Gasteiger partial charge in [-0.3, -0.25) is 4.98 Å². The van der Waals surface area contributed by atoms with Gasteiger partial charge in [0.05, 0.1) is 5.92 Å². The molecular formula is C18H24F3N3O2. The molecule has 1 N–H and O–H groups in total. The average Bonchev–Trinajstić information content (AvgIpc) is 2.60. The molecule has 26 heavy (non-hydrogen) atoms. The third-order valence-electron chi connectivity index (χ3n) is 5.67. The summed E-state index contributed by atoms with van der Waals surface area (Å²) in [5, 5.41) is 2.83. The van der Waals surface area contributed by atoms with Crippen molar-refractivity contribution in [3.8, 4) is 0 Å². The van der Waals surface area contributed by atoms with Crippen LogP contribution in [0.25, 0.3) is 0 Å². The summed E-state index contributed by atoms with van der Waals surface area (Å²) in [6.07, 6.45) is -0.248. The number of aromatic nitrogens is 1. The van der Waals surface area contributed by atoms with Gasteiger partial charge in [-0.2, -0.15) is 13.2 Å². The number of hydrogen-bond donors (Lipinski definition) is 1. The Hall–Kier alpha value is -1.83. The summed E-state index contributed by atoms with van der Waals surface area (Å²) in [6.45, 7) is 3.12. The van der Waals surface area contributed by atoms with Crippen LogP contribution in [0.5, 0.6) is 0 Å². The fraction of sp³-hybridized carbons (Fsp3) is 0.667. The van der Waals surface area contributed by atoms with Gasteiger partial charge < -0.3 is 15.0 Å². The number of nitrogens with one attached hydrogen (secondary N) is 1. The monoisotopic (exact) mass is 371 g/mol. The molecule has 0 bridgehead atoms. The van der Waals surface area contributed by atoms with E-state index in [4.69, 9.17) is 4.74 Å². The Morgan fingerprint density at radius 3 is 2.81 bits per heavy atom. The second kappa shape index (κ2) is 7.42. The zero-order chi connectivity index (χ0) is 18.8. The number of halogens is 3. The van der Waals surface area contributed by atoms with E-state index >= 15 is 0 Å². The highest BCUT2D eigenvalue weighted by molar-refractivity contribution is 5.74. The van der Waals surface area contributed by atoms with Gasteiger partial charge in [0.15, 0.2) is 0 Å². The zero-order valence-corrected chi connectivity index (χ0v) is 14.8. The van der Waals surface area contributed by atoms with Gasteiger partial charge in [0, 0.05) is 50.7 Å². The lowest BCUT2D eigenvalue weighted by Gasteiger charge is -2.50. The SMILES string of the molecule is Cc1cnccc1CNC(=O)N1CCC(C(F)(F)F)C2(CCOCC2)C1. The largest absolute Gasteiger partial charge is 0.392 e. The van der Waals surface area contributed by atoms with Crippen molar-refractivity contribution in [1.29, 1.82) is 0 Å². The van der Waals surface area contributed by atoms with E-state index in [0.717, 1.165) is 11.1 Å². The van der Waals surface area contributed by atoms with Crippen LogP contribution in [0.1, 0.15) is 30.4 Å². The summed E-state index contributed by atoms with van der Waals surface area (Å²) < 4.78 is 45.9. The fourth-order valence-electron chi connectivity index (χ4n) is 4.11. The lowest BCUT2D eigenvalue weighted by Crippen LogP contribution is -2.58. The number of nitrogens with zero attached hydrogens (tertiary/aromatic N) is 2. The highest BCUT2D eigenvalue weighted by Gasteiger charge is 2.56. The Morgan fingerprint density at radius 1 is 1.42 bits per heavy atom. The second-order valence-electron chi connectivity index (χ2n) is 7.24. The number of urea groups is 1. The average molecular weight is 371 g/mol. The van der Waals surface area contributed by atoms with Crippen LogP contribution in [0.4, 0.5) is 18.0 Å². The van der Waals surface area contributed by atoms with E-state index in [1.807, 2.05) is 13.0 Å². The summed E-state index contributed by atoms with van der Waals surface area (Å²) in [6, 6.07) is 1.51. The number of pyridine rings is 1. The van der Waals surface area contributed by atoms with E-state index in [9.17, 15) is 18.0 Å². The Balaban J connectivity index is 1.67. The van der Waals surface area contributed by atoms with Gasteiger partial charge in [0.1, 0.15) is 0 Å². The molecule has 0 aromatic carbocycles. The summed E-state index contributed by atoms with van der Waals surface area (Å²) in [5.41, 5.74) is 0.974. The summed E-state index contributed by atoms with van der Waals surface area (Å²) in [4.78, 5) is 18.1. The van der Waals surface area contributed by atoms with Crippen molar-refractivity contribution in [3.05, 3.63) is 29.6 Å². The van der Waals surface area contributed by atoms with Gasteiger partial charge in [-0.05, 0) is 43.4 Å². The highest BCUT2D eigenvalue weighted by Crippen LogP contribution is 2.50. The first-order valence-corrected chi connectivity index (χ1v) is 8.88. The minimum atomic E-state index is -4.24. The number of alkyl halides is 3. The van der Waals surface area contributed by atoms with Gasteiger partial charge in [0.2, 0.25) is 0 Å². The fourth-order valence-corrected chi connectivity index (χ4v) is 4.11. The predicted molar refractivity (Wildman–Crippen MR) is 89.4 cm³/mol. The maximum absolute atomic E-state index is 13.5. The first kappa shape index (κ1) is 18.9. The Kier molecular flexibility index (Phi) is 5.41. The van der Waals surface area contributed by atoms with Crippen LogP contribution in [-0.4, -0.2) is 48.4 Å². The van der Waals surface area contributed by atoms with Crippen molar-refractivity contribution in [2.75, 3.05) is 26.3 Å². The van der Waals surface area contributed by atoms with Crippen LogP contribution < -0.4 is 5.32 Å². The van der Waals surface area contributed by atoms with Crippen LogP contribution in [0.15, 0.2) is 18.5 Å². The molecule has 0 aliphatic carbocycles. The molecule has 1 aromatic rings. The number of rotatable bonds is 2. The van der Waals surface area contributed by atoms with Gasteiger partial charge in [-0.1, -0.05) is 0 Å². The molecule has 144 valence electrons. The molecule has 5 nitrogen and oxygen atoms in total. The number of ether oxygens (including phenoxy) is 1. The Morgan fingerprint density at radius 2 is 2.15 bits per heavy atom. The smallest absolute Gasteiger partial charge is 0.381 e. The van der Waals surface area contributed by atoms with E-state index in [-0.39, 0.29) is 25.5 Å². The number of hydrogen-bond acceptors (Lipinski definition) is 3. The van der Waals surface area contributed by atoms with Crippen LogP contribution in [0.2, 0.25) is 0 Å². The van der Waals surface area contributed by atoms with Gasteiger partial charge in [0.25, 0.3) is 0 Å². The third kappa shape index (κ3) is 3.95. The molecular weight excluding hydrogens is 347 g/mol. The van der Waals surface area contributed by atoms with E-state index in [1.54, 1.807) is 12.4 Å². The van der Waals surface area contributed by atoms with Crippen LogP contribution >= 0.6 is 0 Å². The van der Waals surface area contributed by atoms with Crippen LogP contribution in [-0.2, 0) is 11.3 Å². The van der Waals surface area contributed by atoms with E-state index in [0.29, 0.717) is 32.6 Å². The highest BCUT2D eigenvalue weighted by atomic mass is 19.4. The van der Waals surface area contributed by atoms with Crippen molar-refractivity contribution in [1.82, 2.24) is 15.2 Å². The van der Waals surface area contributed by atoms with Crippen molar-refractivity contribution < 1.29 is 22.7 Å².